The fourth-order valence-electron chi connectivity index (χ4n) is 0. The quantitative estimate of drug-likeness (QED) is 0.569. The second-order valence-electron chi connectivity index (χ2n) is 2.27. The van der Waals surface area contributed by atoms with Crippen LogP contribution in [0.25, 0.3) is 0 Å². The van der Waals surface area contributed by atoms with Crippen LogP contribution in [0.15, 0.2) is 3.34 Å². The van der Waals surface area contributed by atoms with Crippen LogP contribution in [0.1, 0.15) is 41.5 Å². The first kappa shape index (κ1) is 29.2. The van der Waals surface area contributed by atoms with E-state index in [-0.39, 0.29) is 13.0 Å². The summed E-state index contributed by atoms with van der Waals surface area (Å²) in [6.07, 6.45) is 0. The Labute approximate surface area is 99.5 Å². The van der Waals surface area contributed by atoms with E-state index in [1.807, 2.05) is 0 Å². The molecule has 1 nitrogen and oxygen atoms in total. The Morgan fingerprint density at radius 1 is 0.846 bits per heavy atom. The van der Waals surface area contributed by atoms with Gasteiger partial charge in [-0.2, -0.15) is 20.8 Å². The second-order valence-corrected chi connectivity index (χ2v) is 2.99. The van der Waals surface area contributed by atoms with Gasteiger partial charge < -0.3 is 28.2 Å². The maximum Gasteiger partial charge on any atom is -0.194 e. The fraction of sp³-hybridized carbons (Fsp3) is 0.636. The van der Waals surface area contributed by atoms with E-state index in [0.29, 0.717) is 0 Å². The van der Waals surface area contributed by atoms with Crippen molar-refractivity contribution in [3.05, 3.63) is 28.2 Å². The molecule has 13 heavy (non-hydrogen) atoms. The van der Waals surface area contributed by atoms with Crippen LogP contribution in [-0.4, -0.2) is 5.54 Å². The van der Waals surface area contributed by atoms with E-state index in [2.05, 4.69) is 44.9 Å². The largest absolute Gasteiger partial charge is 0.358 e. The molecule has 0 spiro atoms. The first-order valence-electron chi connectivity index (χ1n) is 4.04. The molecule has 0 rings (SSSR count). The molecule has 0 unspecified atom stereocenters. The molecule has 0 atom stereocenters. The maximum atomic E-state index is 4.13. The van der Waals surface area contributed by atoms with Crippen LogP contribution in [0.4, 0.5) is 0 Å². The van der Waals surface area contributed by atoms with Crippen LogP contribution in [0.5, 0.6) is 0 Å². The van der Waals surface area contributed by atoms with Crippen molar-refractivity contribution in [2.45, 2.75) is 47.1 Å². The maximum absolute atomic E-state index is 4.13. The van der Waals surface area contributed by atoms with Crippen molar-refractivity contribution < 1.29 is 20.9 Å². The monoisotopic (exact) mass is 354 g/mol. The van der Waals surface area contributed by atoms with E-state index < -0.39 is 0 Å². The molecule has 0 saturated heterocycles. The van der Waals surface area contributed by atoms with Crippen molar-refractivity contribution in [1.82, 2.24) is 0 Å². The molecule has 0 aromatic carbocycles. The number of hydrogen-bond donors (Lipinski definition) is 0. The van der Waals surface area contributed by atoms with Gasteiger partial charge in [0.25, 0.3) is 0 Å². The molecule has 0 aliphatic heterocycles. The number of rotatable bonds is 0. The van der Waals surface area contributed by atoms with E-state index in [4.69, 9.17) is 0 Å². The van der Waals surface area contributed by atoms with E-state index in [0.717, 1.165) is 20.9 Å². The van der Waals surface area contributed by atoms with Crippen molar-refractivity contribution in [2.24, 2.45) is 3.34 Å². The molecule has 0 saturated carbocycles. The predicted octanol–water partition coefficient (Wildman–Crippen LogP) is 4.49. The molecule has 0 radical (unpaired) electrons. The molecule has 0 amide bonds. The second kappa shape index (κ2) is 29.4. The van der Waals surface area contributed by atoms with Gasteiger partial charge in [-0.25, -0.2) is 0 Å². The Morgan fingerprint density at radius 3 is 0.923 bits per heavy atom. The van der Waals surface area contributed by atoms with Crippen LogP contribution >= 0.6 is 0 Å². The minimum Gasteiger partial charge on any atom is -0.358 e. The smallest absolute Gasteiger partial charge is 0.194 e. The average molecular weight is 354 g/mol. The van der Waals surface area contributed by atoms with Crippen LogP contribution in [0.3, 0.4) is 0 Å². The summed E-state index contributed by atoms with van der Waals surface area (Å²) in [5.41, 5.74) is 0.216. The third-order valence-corrected chi connectivity index (χ3v) is 2.46. The van der Waals surface area contributed by atoms with Gasteiger partial charge in [-0.05, 0) is 0 Å². The van der Waals surface area contributed by atoms with Gasteiger partial charge in [-0.3, -0.25) is 0 Å². The molecule has 0 heterocycles. The van der Waals surface area contributed by atoms with Crippen molar-refractivity contribution in [3.63, 3.8) is 0 Å². The van der Waals surface area contributed by atoms with Gasteiger partial charge in [0.1, 0.15) is 0 Å². The molecular weight excluding hydrogens is 327 g/mol. The minimum absolute atomic E-state index is 0. The van der Waals surface area contributed by atoms with Crippen molar-refractivity contribution in [1.29, 1.82) is 0 Å². The summed E-state index contributed by atoms with van der Waals surface area (Å²) in [7, 11) is 0. The molecule has 85 valence electrons. The zero-order valence-electron chi connectivity index (χ0n) is 10.5. The van der Waals surface area contributed by atoms with Gasteiger partial charge >= 0.3 is 50.5 Å². The molecule has 0 aromatic rings. The molecule has 0 aliphatic rings. The molecule has 0 N–H and O–H groups in total. The molecule has 0 bridgehead atoms. The molecular formula is C11H27NTa-4. The van der Waals surface area contributed by atoms with Gasteiger partial charge in [0.2, 0.25) is 0 Å². The first-order valence-corrected chi connectivity index (χ1v) is 5.48. The van der Waals surface area contributed by atoms with Gasteiger partial charge in [0, 0.05) is 0 Å². The standard InChI is InChI=1S/C4H9N.3C2H5.CH3.Ta/c1-4(2,3)5;3*1-2;;/h1-3H3;3*1H2,2H3;1H3;/q;4*-1;. The SMILES string of the molecule is CC(C)(C)[N]=[Ta].[CH2-]C.[CH2-]C.[CH2-]C.[CH3-]. The Morgan fingerprint density at radius 2 is 0.923 bits per heavy atom. The van der Waals surface area contributed by atoms with Crippen LogP contribution in [-0.2, 0) is 20.9 Å². The van der Waals surface area contributed by atoms with Gasteiger partial charge in [-0.15, -0.1) is 0 Å². The van der Waals surface area contributed by atoms with Crippen molar-refractivity contribution >= 4 is 0 Å². The Bertz CT molecular complexity index is 55.6. The van der Waals surface area contributed by atoms with E-state index in [9.17, 15) is 0 Å². The molecule has 0 fully saturated rings. The van der Waals surface area contributed by atoms with Crippen LogP contribution in [0.2, 0.25) is 0 Å². The molecule has 0 aliphatic carbocycles. The van der Waals surface area contributed by atoms with E-state index >= 15 is 0 Å². The summed E-state index contributed by atoms with van der Waals surface area (Å²) in [5.74, 6) is 0. The summed E-state index contributed by atoms with van der Waals surface area (Å²) in [6.45, 7) is 21.3. The first-order chi connectivity index (χ1) is 5.56. The Hall–Kier alpha value is 0.540. The van der Waals surface area contributed by atoms with Crippen LogP contribution in [0, 0.1) is 28.2 Å². The van der Waals surface area contributed by atoms with Gasteiger partial charge in [0.05, 0.1) is 0 Å². The minimum atomic E-state index is 0. The number of hydrogen-bond acceptors (Lipinski definition) is 1. The van der Waals surface area contributed by atoms with Crippen molar-refractivity contribution in [3.8, 4) is 0 Å². The van der Waals surface area contributed by atoms with Gasteiger partial charge in [0.15, 0.2) is 0 Å². The average Bonchev–Trinajstić information content (AvgIpc) is 2.14. The predicted molar refractivity (Wildman–Crippen MR) is 61.7 cm³/mol. The summed E-state index contributed by atoms with van der Waals surface area (Å²) in [6, 6.07) is 0. The zero-order valence-corrected chi connectivity index (χ0v) is 13.7. The number of nitrogens with zero attached hydrogens (tertiary/aromatic N) is 1. The normalized spacial score (nSPS) is 6.46. The van der Waals surface area contributed by atoms with E-state index in [1.165, 1.54) is 0 Å². The zero-order chi connectivity index (χ0) is 11.2. The van der Waals surface area contributed by atoms with Crippen molar-refractivity contribution in [2.75, 3.05) is 0 Å². The van der Waals surface area contributed by atoms with E-state index in [1.54, 1.807) is 20.8 Å². The summed E-state index contributed by atoms with van der Waals surface area (Å²) < 4.78 is 4.13. The fourth-order valence-corrected chi connectivity index (χ4v) is 0. The molecule has 0 aromatic heterocycles. The Kier molecular flexibility index (Phi) is 66.0. The summed E-state index contributed by atoms with van der Waals surface area (Å²) >= 11 is 1.15. The summed E-state index contributed by atoms with van der Waals surface area (Å²) in [4.78, 5) is 0. The Balaban J connectivity index is -0.0000000263. The molecule has 2 heteroatoms. The third-order valence-electron chi connectivity index (χ3n) is 0.300. The van der Waals surface area contributed by atoms with Gasteiger partial charge in [-0.1, -0.05) is 0 Å². The summed E-state index contributed by atoms with van der Waals surface area (Å²) in [5, 5.41) is 0. The third kappa shape index (κ3) is 111. The van der Waals surface area contributed by atoms with Crippen LogP contribution < -0.4 is 0 Å². The topological polar surface area (TPSA) is 12.4 Å².